The molecule has 8 nitrogen and oxygen atoms in total. The highest BCUT2D eigenvalue weighted by atomic mass is 79.9. The standard InChI is InChI=1S/C22H17Br2N5O3/c1-3-9-32-20-16(31-2)10-14(17(23)18(20)24)12-26-29-22-27-19(13-7-5-4-6-8-13)15(11-25)21(30)28-22/h3-8,10,12H,1,9H2,2H3,(H2,27,28,29,30). The van der Waals surface area contributed by atoms with Crippen LogP contribution in [0.1, 0.15) is 11.1 Å². The van der Waals surface area contributed by atoms with E-state index in [2.05, 4.69) is 58.9 Å². The van der Waals surface area contributed by atoms with Crippen molar-refractivity contribution in [2.45, 2.75) is 0 Å². The van der Waals surface area contributed by atoms with Gasteiger partial charge < -0.3 is 9.47 Å². The molecule has 1 aromatic heterocycles. The Kier molecular flexibility index (Phi) is 7.81. The summed E-state index contributed by atoms with van der Waals surface area (Å²) in [6, 6.07) is 12.6. The minimum atomic E-state index is -0.562. The molecule has 0 atom stereocenters. The lowest BCUT2D eigenvalue weighted by molar-refractivity contribution is 0.324. The zero-order valence-electron chi connectivity index (χ0n) is 16.9. The van der Waals surface area contributed by atoms with Crippen LogP contribution in [0.4, 0.5) is 5.95 Å². The summed E-state index contributed by atoms with van der Waals surface area (Å²) in [6.45, 7) is 3.96. The Morgan fingerprint density at radius 2 is 2.06 bits per heavy atom. The number of hydrogen-bond acceptors (Lipinski definition) is 7. The lowest BCUT2D eigenvalue weighted by Crippen LogP contribution is -2.16. The average molecular weight is 559 g/mol. The number of methoxy groups -OCH3 is 1. The van der Waals surface area contributed by atoms with Crippen molar-refractivity contribution in [1.82, 2.24) is 9.97 Å². The molecular formula is C22H17Br2N5O3. The Morgan fingerprint density at radius 3 is 2.72 bits per heavy atom. The monoisotopic (exact) mass is 557 g/mol. The Morgan fingerprint density at radius 1 is 1.31 bits per heavy atom. The molecule has 0 saturated carbocycles. The van der Waals surface area contributed by atoms with Gasteiger partial charge in [-0.1, -0.05) is 43.0 Å². The number of aromatic nitrogens is 2. The number of nitriles is 1. The molecular weight excluding hydrogens is 542 g/mol. The third kappa shape index (κ3) is 5.07. The fourth-order valence-corrected chi connectivity index (χ4v) is 3.66. The van der Waals surface area contributed by atoms with Gasteiger partial charge in [-0.25, -0.2) is 10.4 Å². The second kappa shape index (κ2) is 10.7. The highest BCUT2D eigenvalue weighted by molar-refractivity contribution is 9.13. The first kappa shape index (κ1) is 23.2. The quantitative estimate of drug-likeness (QED) is 0.232. The number of ether oxygens (including phenoxy) is 2. The maximum atomic E-state index is 12.3. The molecule has 3 aromatic rings. The van der Waals surface area contributed by atoms with Crippen molar-refractivity contribution < 1.29 is 9.47 Å². The van der Waals surface area contributed by atoms with Gasteiger partial charge in [0.2, 0.25) is 5.95 Å². The summed E-state index contributed by atoms with van der Waals surface area (Å²) in [6.07, 6.45) is 3.16. The van der Waals surface area contributed by atoms with Crippen LogP contribution in [-0.2, 0) is 0 Å². The topological polar surface area (TPSA) is 112 Å². The Balaban J connectivity index is 1.92. The van der Waals surface area contributed by atoms with Crippen LogP contribution in [0.15, 0.2) is 67.9 Å². The summed E-state index contributed by atoms with van der Waals surface area (Å²) in [5.41, 5.74) is 3.65. The van der Waals surface area contributed by atoms with Crippen LogP contribution in [0.3, 0.4) is 0 Å². The molecule has 0 radical (unpaired) electrons. The first-order chi connectivity index (χ1) is 15.5. The number of benzene rings is 2. The van der Waals surface area contributed by atoms with Crippen molar-refractivity contribution in [1.29, 1.82) is 5.26 Å². The predicted molar refractivity (Wildman–Crippen MR) is 130 cm³/mol. The van der Waals surface area contributed by atoms with Gasteiger partial charge in [0.15, 0.2) is 11.5 Å². The van der Waals surface area contributed by atoms with Crippen molar-refractivity contribution >= 4 is 44.0 Å². The van der Waals surface area contributed by atoms with Crippen LogP contribution in [0, 0.1) is 11.3 Å². The Labute approximate surface area is 200 Å². The maximum absolute atomic E-state index is 12.3. The number of nitrogens with zero attached hydrogens (tertiary/aromatic N) is 3. The normalized spacial score (nSPS) is 10.6. The summed E-state index contributed by atoms with van der Waals surface area (Å²) in [7, 11) is 1.53. The van der Waals surface area contributed by atoms with Crippen LogP contribution in [0.2, 0.25) is 0 Å². The zero-order chi connectivity index (χ0) is 23.1. The molecule has 0 fully saturated rings. The van der Waals surface area contributed by atoms with E-state index >= 15 is 0 Å². The molecule has 32 heavy (non-hydrogen) atoms. The third-order valence-electron chi connectivity index (χ3n) is 4.17. The molecule has 0 bridgehead atoms. The summed E-state index contributed by atoms with van der Waals surface area (Å²) in [5.74, 6) is 1.12. The molecule has 1 heterocycles. The minimum absolute atomic E-state index is 0.0720. The summed E-state index contributed by atoms with van der Waals surface area (Å²) in [5, 5.41) is 13.5. The number of hydrogen-bond donors (Lipinski definition) is 2. The van der Waals surface area contributed by atoms with E-state index in [4.69, 9.17) is 9.47 Å². The zero-order valence-corrected chi connectivity index (χ0v) is 20.0. The van der Waals surface area contributed by atoms with Gasteiger partial charge in [-0.05, 0) is 37.9 Å². The number of nitrogens with one attached hydrogen (secondary N) is 2. The lowest BCUT2D eigenvalue weighted by Gasteiger charge is -2.14. The molecule has 162 valence electrons. The van der Waals surface area contributed by atoms with Gasteiger partial charge in [-0.2, -0.15) is 10.4 Å². The SMILES string of the molecule is C=CCOc1c(OC)cc(C=NNc2nc(-c3ccccc3)c(C#N)c(=O)[nH]2)c(Br)c1Br. The smallest absolute Gasteiger partial charge is 0.270 e. The summed E-state index contributed by atoms with van der Waals surface area (Å²) >= 11 is 7.00. The minimum Gasteiger partial charge on any atom is -0.493 e. The van der Waals surface area contributed by atoms with Crippen LogP contribution < -0.4 is 20.5 Å². The fourth-order valence-electron chi connectivity index (χ4n) is 2.72. The van der Waals surface area contributed by atoms with Crippen molar-refractivity contribution in [3.05, 3.63) is 79.5 Å². The van der Waals surface area contributed by atoms with E-state index in [1.807, 2.05) is 12.1 Å². The largest absolute Gasteiger partial charge is 0.493 e. The molecule has 10 heteroatoms. The number of aromatic amines is 1. The molecule has 0 aliphatic rings. The molecule has 0 amide bonds. The fraction of sp³-hybridized carbons (Fsp3) is 0.0909. The van der Waals surface area contributed by atoms with Gasteiger partial charge in [0.1, 0.15) is 18.2 Å². The maximum Gasteiger partial charge on any atom is 0.270 e. The number of halogens is 2. The van der Waals surface area contributed by atoms with E-state index in [0.717, 1.165) is 0 Å². The Bertz CT molecular complexity index is 1270. The number of hydrazone groups is 1. The molecule has 0 aliphatic heterocycles. The van der Waals surface area contributed by atoms with E-state index < -0.39 is 5.56 Å². The first-order valence-electron chi connectivity index (χ1n) is 9.18. The second-order valence-corrected chi connectivity index (χ2v) is 7.80. The predicted octanol–water partition coefficient (Wildman–Crippen LogP) is 4.85. The third-order valence-corrected chi connectivity index (χ3v) is 6.32. The Hall–Kier alpha value is -3.42. The van der Waals surface area contributed by atoms with Gasteiger partial charge in [0, 0.05) is 15.6 Å². The molecule has 2 aromatic carbocycles. The molecule has 2 N–H and O–H groups in total. The van der Waals surface area contributed by atoms with E-state index in [9.17, 15) is 10.1 Å². The van der Waals surface area contributed by atoms with Crippen molar-refractivity contribution in [2.24, 2.45) is 5.10 Å². The lowest BCUT2D eigenvalue weighted by atomic mass is 10.1. The number of rotatable bonds is 8. The first-order valence-corrected chi connectivity index (χ1v) is 10.8. The van der Waals surface area contributed by atoms with Gasteiger partial charge in [0.05, 0.1) is 23.5 Å². The highest BCUT2D eigenvalue weighted by Crippen LogP contribution is 2.42. The molecule has 0 saturated heterocycles. The number of anilines is 1. The van der Waals surface area contributed by atoms with E-state index in [1.165, 1.54) is 13.3 Å². The van der Waals surface area contributed by atoms with Gasteiger partial charge in [-0.15, -0.1) is 0 Å². The molecule has 0 aliphatic carbocycles. The van der Waals surface area contributed by atoms with E-state index in [1.54, 1.807) is 36.4 Å². The van der Waals surface area contributed by atoms with Gasteiger partial charge in [-0.3, -0.25) is 9.78 Å². The van der Waals surface area contributed by atoms with Gasteiger partial charge in [0.25, 0.3) is 5.56 Å². The van der Waals surface area contributed by atoms with Crippen molar-refractivity contribution in [3.8, 4) is 28.8 Å². The van der Waals surface area contributed by atoms with Crippen LogP contribution in [0.25, 0.3) is 11.3 Å². The van der Waals surface area contributed by atoms with Crippen molar-refractivity contribution in [3.63, 3.8) is 0 Å². The average Bonchev–Trinajstić information content (AvgIpc) is 2.81. The van der Waals surface area contributed by atoms with Crippen LogP contribution in [0.5, 0.6) is 11.5 Å². The summed E-state index contributed by atoms with van der Waals surface area (Å²) in [4.78, 5) is 19.2. The summed E-state index contributed by atoms with van der Waals surface area (Å²) < 4.78 is 12.4. The highest BCUT2D eigenvalue weighted by Gasteiger charge is 2.16. The molecule has 3 rings (SSSR count). The molecule has 0 unspecified atom stereocenters. The second-order valence-electron chi connectivity index (χ2n) is 6.21. The number of H-pyrrole nitrogens is 1. The molecule has 0 spiro atoms. The van der Waals surface area contributed by atoms with Crippen molar-refractivity contribution in [2.75, 3.05) is 19.1 Å². The van der Waals surface area contributed by atoms with Crippen LogP contribution >= 0.6 is 31.9 Å². The van der Waals surface area contributed by atoms with Crippen LogP contribution in [-0.4, -0.2) is 29.9 Å². The van der Waals surface area contributed by atoms with Gasteiger partial charge >= 0.3 is 0 Å². The van der Waals surface area contributed by atoms with E-state index in [-0.39, 0.29) is 17.2 Å². The van der Waals surface area contributed by atoms with E-state index in [0.29, 0.717) is 38.2 Å².